The number of carbonyl (C=O) groups is 1. The van der Waals surface area contributed by atoms with Crippen molar-refractivity contribution in [2.45, 2.75) is 33.1 Å². The van der Waals surface area contributed by atoms with Gasteiger partial charge in [0.2, 0.25) is 0 Å². The molecule has 0 saturated heterocycles. The van der Waals surface area contributed by atoms with Gasteiger partial charge in [-0.25, -0.2) is 0 Å². The fourth-order valence-corrected chi connectivity index (χ4v) is 0.426. The van der Waals surface area contributed by atoms with Gasteiger partial charge in [0.15, 0.2) is 0 Å². The first-order valence-corrected chi connectivity index (χ1v) is 2.76. The minimum atomic E-state index is 0. The number of hydrogen-bond donors (Lipinski definition) is 0. The number of ketones is 1. The number of hydrogen-bond acceptors (Lipinski definition) is 1. The van der Waals surface area contributed by atoms with Crippen molar-refractivity contribution in [2.75, 3.05) is 0 Å². The van der Waals surface area contributed by atoms with E-state index in [0.717, 1.165) is 19.3 Å². The van der Waals surface area contributed by atoms with E-state index in [1.54, 1.807) is 6.92 Å². The van der Waals surface area contributed by atoms with E-state index in [4.69, 9.17) is 0 Å². The number of unbranched alkanes of at least 4 members (excludes halogenated alkanes) is 1. The van der Waals surface area contributed by atoms with Crippen LogP contribution < -0.4 is 0 Å². The van der Waals surface area contributed by atoms with Crippen molar-refractivity contribution in [2.24, 2.45) is 0 Å². The van der Waals surface area contributed by atoms with E-state index in [0.29, 0.717) is 5.78 Å². The third-order valence-corrected chi connectivity index (χ3v) is 0.882. The van der Waals surface area contributed by atoms with Crippen LogP contribution in [-0.2, 0) is 4.79 Å². The van der Waals surface area contributed by atoms with E-state index >= 15 is 0 Å². The molecule has 1 nitrogen and oxygen atoms in total. The second kappa shape index (κ2) is 7.49. The van der Waals surface area contributed by atoms with Crippen molar-refractivity contribution in [3.8, 4) is 0 Å². The molecule has 0 atom stereocenters. The molecule has 0 aromatic heterocycles. The standard InChI is InChI=1S/C6H12O.Sb.3H/c1-3-4-5-6(2)7;;;;/h3-5H2,1-2H3;;;;. The first-order valence-electron chi connectivity index (χ1n) is 2.76. The Bertz CT molecular complexity index is 61.5. The van der Waals surface area contributed by atoms with Crippen LogP contribution in [0.15, 0.2) is 0 Å². The van der Waals surface area contributed by atoms with E-state index in [1.807, 2.05) is 0 Å². The Kier molecular flexibility index (Phi) is 10.6. The van der Waals surface area contributed by atoms with Gasteiger partial charge >= 0.3 is 24.4 Å². The van der Waals surface area contributed by atoms with Gasteiger partial charge in [-0.3, -0.25) is 0 Å². The van der Waals surface area contributed by atoms with Crippen LogP contribution in [0.4, 0.5) is 0 Å². The number of Topliss-reactive ketones (excluding diaryl/α,β-unsaturated/α-hetero) is 1. The molecule has 0 aliphatic heterocycles. The molecule has 0 bridgehead atoms. The average Bonchev–Trinajstić information content (AvgIpc) is 1.61. The zero-order valence-corrected chi connectivity index (χ0v) is 9.77. The van der Waals surface area contributed by atoms with Gasteiger partial charge in [0.05, 0.1) is 0 Å². The third kappa shape index (κ3) is 9.70. The summed E-state index contributed by atoms with van der Waals surface area (Å²) in [4.78, 5) is 10.2. The molecule has 0 aromatic rings. The van der Waals surface area contributed by atoms with E-state index in [2.05, 4.69) is 6.92 Å². The molecule has 0 aromatic carbocycles. The van der Waals surface area contributed by atoms with Gasteiger partial charge in [0.25, 0.3) is 0 Å². The summed E-state index contributed by atoms with van der Waals surface area (Å²) in [5.74, 6) is 0.307. The van der Waals surface area contributed by atoms with Gasteiger partial charge in [-0.2, -0.15) is 0 Å². The summed E-state index contributed by atoms with van der Waals surface area (Å²) in [6, 6.07) is 0. The van der Waals surface area contributed by atoms with Crippen molar-refractivity contribution in [3.05, 3.63) is 0 Å². The molecule has 0 amide bonds. The van der Waals surface area contributed by atoms with Crippen LogP contribution in [0.1, 0.15) is 33.1 Å². The monoisotopic (exact) mass is 224 g/mol. The molecular weight excluding hydrogens is 210 g/mol. The van der Waals surface area contributed by atoms with Crippen LogP contribution in [0.5, 0.6) is 0 Å². The van der Waals surface area contributed by atoms with Gasteiger partial charge in [-0.1, -0.05) is 13.3 Å². The van der Waals surface area contributed by atoms with Crippen LogP contribution in [0.2, 0.25) is 0 Å². The normalized spacial score (nSPS) is 7.75. The van der Waals surface area contributed by atoms with Crippen LogP contribution >= 0.6 is 0 Å². The van der Waals surface area contributed by atoms with Crippen LogP contribution in [0, 0.1) is 0 Å². The summed E-state index contributed by atoms with van der Waals surface area (Å²) in [5, 5.41) is 0. The molecule has 0 radical (unpaired) electrons. The van der Waals surface area contributed by atoms with E-state index < -0.39 is 0 Å². The Morgan fingerprint density at radius 3 is 2.12 bits per heavy atom. The van der Waals surface area contributed by atoms with Crippen molar-refractivity contribution >= 4 is 30.2 Å². The Morgan fingerprint density at radius 1 is 1.50 bits per heavy atom. The number of carbonyl (C=O) groups excluding carboxylic acids is 1. The summed E-state index contributed by atoms with van der Waals surface area (Å²) in [6.07, 6.45) is 2.94. The summed E-state index contributed by atoms with van der Waals surface area (Å²) < 4.78 is 0. The molecule has 8 heavy (non-hydrogen) atoms. The molecule has 0 spiro atoms. The van der Waals surface area contributed by atoms with Crippen molar-refractivity contribution in [3.63, 3.8) is 0 Å². The molecule has 0 N–H and O–H groups in total. The van der Waals surface area contributed by atoms with Gasteiger partial charge in [0.1, 0.15) is 5.78 Å². The summed E-state index contributed by atoms with van der Waals surface area (Å²) in [6.45, 7) is 3.72. The first kappa shape index (κ1) is 11.3. The predicted molar refractivity (Wildman–Crippen MR) is 40.1 cm³/mol. The van der Waals surface area contributed by atoms with Crippen LogP contribution in [0.25, 0.3) is 0 Å². The Hall–Kier alpha value is 0.488. The minimum absolute atomic E-state index is 0. The predicted octanol–water partition coefficient (Wildman–Crippen LogP) is 0.582. The maximum absolute atomic E-state index is 10.2. The molecule has 0 rings (SSSR count). The molecule has 50 valence electrons. The molecule has 0 fully saturated rings. The van der Waals surface area contributed by atoms with E-state index in [9.17, 15) is 4.79 Å². The fourth-order valence-electron chi connectivity index (χ4n) is 0.426. The molecule has 0 saturated carbocycles. The molecule has 2 heteroatoms. The topological polar surface area (TPSA) is 17.1 Å². The second-order valence-corrected chi connectivity index (χ2v) is 1.81. The Morgan fingerprint density at radius 2 is 2.00 bits per heavy atom. The van der Waals surface area contributed by atoms with Crippen molar-refractivity contribution in [1.82, 2.24) is 0 Å². The zero-order valence-electron chi connectivity index (χ0n) is 5.74. The van der Waals surface area contributed by atoms with Gasteiger partial charge in [0, 0.05) is 6.42 Å². The Labute approximate surface area is 68.3 Å². The average molecular weight is 225 g/mol. The summed E-state index contributed by atoms with van der Waals surface area (Å²) >= 11 is 0. The van der Waals surface area contributed by atoms with Gasteiger partial charge in [-0.15, -0.1) is 0 Å². The molecular formula is C6H15OSb. The Balaban J connectivity index is 0. The van der Waals surface area contributed by atoms with Crippen molar-refractivity contribution < 1.29 is 4.79 Å². The molecule has 0 aliphatic carbocycles. The second-order valence-electron chi connectivity index (χ2n) is 1.81. The molecule has 0 heterocycles. The summed E-state index contributed by atoms with van der Waals surface area (Å²) in [7, 11) is 0. The molecule has 0 aliphatic rings. The molecule has 0 unspecified atom stereocenters. The van der Waals surface area contributed by atoms with E-state index in [1.165, 1.54) is 0 Å². The maximum atomic E-state index is 10.2. The van der Waals surface area contributed by atoms with Gasteiger partial charge in [-0.05, 0) is 13.3 Å². The third-order valence-electron chi connectivity index (χ3n) is 0.882. The van der Waals surface area contributed by atoms with Crippen molar-refractivity contribution in [1.29, 1.82) is 0 Å². The number of rotatable bonds is 3. The first-order chi connectivity index (χ1) is 3.27. The van der Waals surface area contributed by atoms with Crippen LogP contribution in [0.3, 0.4) is 0 Å². The van der Waals surface area contributed by atoms with Crippen LogP contribution in [-0.4, -0.2) is 30.2 Å². The SMILES string of the molecule is CCCCC(C)=O.[SbH3]. The summed E-state index contributed by atoms with van der Waals surface area (Å²) in [5.41, 5.74) is 0. The van der Waals surface area contributed by atoms with E-state index in [-0.39, 0.29) is 24.4 Å². The van der Waals surface area contributed by atoms with Gasteiger partial charge < -0.3 is 4.79 Å². The fraction of sp³-hybridized carbons (Fsp3) is 0.833. The zero-order chi connectivity index (χ0) is 5.70. The quantitative estimate of drug-likeness (QED) is 0.642.